The van der Waals surface area contributed by atoms with E-state index in [9.17, 15) is 0 Å². The van der Waals surface area contributed by atoms with Gasteiger partial charge in [0.05, 0.1) is 18.4 Å². The number of piperazine rings is 1. The highest BCUT2D eigenvalue weighted by Gasteiger charge is 2.17. The zero-order valence-corrected chi connectivity index (χ0v) is 11.5. The van der Waals surface area contributed by atoms with Crippen molar-refractivity contribution in [2.75, 3.05) is 43.4 Å². The van der Waals surface area contributed by atoms with Gasteiger partial charge in [-0.1, -0.05) is 0 Å². The molecule has 20 heavy (non-hydrogen) atoms. The van der Waals surface area contributed by atoms with Gasteiger partial charge in [0, 0.05) is 45.1 Å². The van der Waals surface area contributed by atoms with Gasteiger partial charge in [0.25, 0.3) is 0 Å². The summed E-state index contributed by atoms with van der Waals surface area (Å²) in [6, 6.07) is 5.87. The molecule has 0 aliphatic carbocycles. The minimum Gasteiger partial charge on any atom is -0.384 e. The lowest BCUT2D eigenvalue weighted by Crippen LogP contribution is -2.47. The number of rotatable bonds is 4. The van der Waals surface area contributed by atoms with Crippen LogP contribution < -0.4 is 10.6 Å². The zero-order chi connectivity index (χ0) is 13.8. The summed E-state index contributed by atoms with van der Waals surface area (Å²) in [6.07, 6.45) is 5.69. The fraction of sp³-hybridized carbons (Fsp3) is 0.429. The van der Waals surface area contributed by atoms with E-state index in [1.54, 1.807) is 0 Å². The second-order valence-corrected chi connectivity index (χ2v) is 5.04. The summed E-state index contributed by atoms with van der Waals surface area (Å²) in [7, 11) is 0. The molecule has 0 spiro atoms. The van der Waals surface area contributed by atoms with Crippen LogP contribution in [-0.4, -0.2) is 52.4 Å². The molecule has 0 aromatic carbocycles. The minimum atomic E-state index is 0.576. The first kappa shape index (κ1) is 12.9. The minimum absolute atomic E-state index is 0.576. The van der Waals surface area contributed by atoms with E-state index in [4.69, 9.17) is 5.73 Å². The van der Waals surface area contributed by atoms with Gasteiger partial charge in [-0.25, -0.2) is 4.98 Å². The fourth-order valence-corrected chi connectivity index (χ4v) is 2.49. The van der Waals surface area contributed by atoms with Crippen molar-refractivity contribution in [3.05, 3.63) is 36.8 Å². The molecule has 0 unspecified atom stereocenters. The molecule has 0 amide bonds. The van der Waals surface area contributed by atoms with Crippen LogP contribution in [-0.2, 0) is 6.54 Å². The first-order valence-corrected chi connectivity index (χ1v) is 6.97. The number of anilines is 2. The van der Waals surface area contributed by atoms with Crippen molar-refractivity contribution in [1.82, 2.24) is 19.7 Å². The van der Waals surface area contributed by atoms with E-state index in [0.717, 1.165) is 45.0 Å². The maximum absolute atomic E-state index is 5.62. The number of aromatic nitrogens is 3. The van der Waals surface area contributed by atoms with Crippen molar-refractivity contribution < 1.29 is 0 Å². The topological polar surface area (TPSA) is 63.2 Å². The van der Waals surface area contributed by atoms with E-state index in [-0.39, 0.29) is 0 Å². The predicted octanol–water partition coefficient (Wildman–Crippen LogP) is 0.682. The maximum Gasteiger partial charge on any atom is 0.123 e. The molecule has 6 nitrogen and oxygen atoms in total. The smallest absolute Gasteiger partial charge is 0.123 e. The Hall–Kier alpha value is -2.08. The third kappa shape index (κ3) is 3.08. The van der Waals surface area contributed by atoms with Gasteiger partial charge in [-0.05, 0) is 18.2 Å². The molecule has 2 aromatic heterocycles. The Balaban J connectivity index is 1.48. The Morgan fingerprint density at radius 3 is 2.60 bits per heavy atom. The largest absolute Gasteiger partial charge is 0.384 e. The second-order valence-electron chi connectivity index (χ2n) is 5.04. The standard InChI is InChI=1S/C14H20N6/c15-14-3-2-13(12-16-14)19-9-6-18(7-10-19)8-11-20-5-1-4-17-20/h1-5,12H,6-11H2,(H2,15,16). The average molecular weight is 272 g/mol. The van der Waals surface area contributed by atoms with Crippen molar-refractivity contribution in [2.45, 2.75) is 6.54 Å². The second kappa shape index (κ2) is 5.92. The molecule has 1 aliphatic heterocycles. The predicted molar refractivity (Wildman–Crippen MR) is 79.5 cm³/mol. The summed E-state index contributed by atoms with van der Waals surface area (Å²) in [5.41, 5.74) is 6.78. The van der Waals surface area contributed by atoms with E-state index in [0.29, 0.717) is 5.82 Å². The van der Waals surface area contributed by atoms with Gasteiger partial charge in [0.1, 0.15) is 5.82 Å². The van der Waals surface area contributed by atoms with Gasteiger partial charge in [0.2, 0.25) is 0 Å². The van der Waals surface area contributed by atoms with Gasteiger partial charge in [-0.15, -0.1) is 0 Å². The Morgan fingerprint density at radius 1 is 1.10 bits per heavy atom. The van der Waals surface area contributed by atoms with Crippen molar-refractivity contribution in [3.8, 4) is 0 Å². The molecule has 6 heteroatoms. The van der Waals surface area contributed by atoms with Gasteiger partial charge in [-0.3, -0.25) is 9.58 Å². The van der Waals surface area contributed by atoms with Gasteiger partial charge in [-0.2, -0.15) is 5.10 Å². The lowest BCUT2D eigenvalue weighted by molar-refractivity contribution is 0.244. The Morgan fingerprint density at radius 2 is 1.95 bits per heavy atom. The van der Waals surface area contributed by atoms with Crippen LogP contribution in [0.1, 0.15) is 0 Å². The van der Waals surface area contributed by atoms with Crippen LogP contribution in [0, 0.1) is 0 Å². The highest BCUT2D eigenvalue weighted by molar-refractivity contribution is 5.48. The third-order valence-electron chi connectivity index (χ3n) is 3.71. The summed E-state index contributed by atoms with van der Waals surface area (Å²) in [5.74, 6) is 0.576. The molecule has 1 saturated heterocycles. The number of hydrogen-bond acceptors (Lipinski definition) is 5. The molecule has 0 atom stereocenters. The van der Waals surface area contributed by atoms with E-state index >= 15 is 0 Å². The average Bonchev–Trinajstić information content (AvgIpc) is 3.00. The van der Waals surface area contributed by atoms with Crippen LogP contribution in [0.4, 0.5) is 11.5 Å². The van der Waals surface area contributed by atoms with Crippen molar-refractivity contribution in [2.24, 2.45) is 0 Å². The zero-order valence-electron chi connectivity index (χ0n) is 11.5. The number of nitrogens with two attached hydrogens (primary N) is 1. The Bertz CT molecular complexity index is 513. The van der Waals surface area contributed by atoms with E-state index in [2.05, 4.69) is 19.9 Å². The van der Waals surface area contributed by atoms with E-state index in [1.807, 2.05) is 41.5 Å². The summed E-state index contributed by atoms with van der Waals surface area (Å²) < 4.78 is 1.98. The highest BCUT2D eigenvalue weighted by Crippen LogP contribution is 2.16. The van der Waals surface area contributed by atoms with E-state index < -0.39 is 0 Å². The first-order valence-electron chi connectivity index (χ1n) is 6.97. The fourth-order valence-electron chi connectivity index (χ4n) is 2.49. The lowest BCUT2D eigenvalue weighted by Gasteiger charge is -2.35. The van der Waals surface area contributed by atoms with Crippen LogP contribution in [0.25, 0.3) is 0 Å². The lowest BCUT2D eigenvalue weighted by atomic mass is 10.2. The van der Waals surface area contributed by atoms with Crippen LogP contribution in [0.2, 0.25) is 0 Å². The molecule has 2 N–H and O–H groups in total. The molecular formula is C14H20N6. The molecule has 0 saturated carbocycles. The van der Waals surface area contributed by atoms with Crippen LogP contribution in [0.5, 0.6) is 0 Å². The molecule has 3 heterocycles. The normalized spacial score (nSPS) is 16.5. The third-order valence-corrected chi connectivity index (χ3v) is 3.71. The molecule has 0 radical (unpaired) electrons. The van der Waals surface area contributed by atoms with Crippen LogP contribution in [0.15, 0.2) is 36.8 Å². The first-order chi connectivity index (χ1) is 9.81. The summed E-state index contributed by atoms with van der Waals surface area (Å²) >= 11 is 0. The quantitative estimate of drug-likeness (QED) is 0.887. The molecule has 1 aliphatic rings. The number of hydrogen-bond donors (Lipinski definition) is 1. The number of nitrogens with zero attached hydrogens (tertiary/aromatic N) is 5. The number of nitrogen functional groups attached to an aromatic ring is 1. The summed E-state index contributed by atoms with van der Waals surface area (Å²) in [6.45, 7) is 6.22. The summed E-state index contributed by atoms with van der Waals surface area (Å²) in [4.78, 5) is 8.99. The van der Waals surface area contributed by atoms with Gasteiger partial charge >= 0.3 is 0 Å². The SMILES string of the molecule is Nc1ccc(N2CCN(CCn3cccn3)CC2)cn1. The molecule has 106 valence electrons. The van der Waals surface area contributed by atoms with Gasteiger partial charge < -0.3 is 10.6 Å². The molecule has 0 bridgehead atoms. The van der Waals surface area contributed by atoms with Crippen molar-refractivity contribution in [3.63, 3.8) is 0 Å². The Labute approximate surface area is 118 Å². The van der Waals surface area contributed by atoms with Crippen molar-refractivity contribution in [1.29, 1.82) is 0 Å². The van der Waals surface area contributed by atoms with Crippen LogP contribution >= 0.6 is 0 Å². The van der Waals surface area contributed by atoms with Crippen molar-refractivity contribution >= 4 is 11.5 Å². The Kier molecular flexibility index (Phi) is 3.83. The maximum atomic E-state index is 5.62. The van der Waals surface area contributed by atoms with Gasteiger partial charge in [0.15, 0.2) is 0 Å². The van der Waals surface area contributed by atoms with Crippen LogP contribution in [0.3, 0.4) is 0 Å². The molecule has 1 fully saturated rings. The molecule has 3 rings (SSSR count). The molecule has 2 aromatic rings. The van der Waals surface area contributed by atoms with E-state index in [1.165, 1.54) is 0 Å². The molecular weight excluding hydrogens is 252 g/mol. The number of pyridine rings is 1. The summed E-state index contributed by atoms with van der Waals surface area (Å²) in [5, 5.41) is 4.23. The highest BCUT2D eigenvalue weighted by atomic mass is 15.3. The monoisotopic (exact) mass is 272 g/mol.